The number of aromatic nitrogens is 1. The van der Waals surface area contributed by atoms with Crippen molar-refractivity contribution in [3.63, 3.8) is 0 Å². The molecule has 19 heavy (non-hydrogen) atoms. The van der Waals surface area contributed by atoms with Gasteiger partial charge in [0.1, 0.15) is 10.7 Å². The van der Waals surface area contributed by atoms with E-state index in [1.807, 2.05) is 0 Å². The summed E-state index contributed by atoms with van der Waals surface area (Å²) in [4.78, 5) is 16.0. The molecule has 0 unspecified atom stereocenters. The minimum absolute atomic E-state index is 0.233. The van der Waals surface area contributed by atoms with E-state index in [0.29, 0.717) is 24.7 Å². The Morgan fingerprint density at radius 1 is 1.63 bits per heavy atom. The van der Waals surface area contributed by atoms with E-state index < -0.39 is 5.60 Å². The molecule has 0 aromatic carbocycles. The van der Waals surface area contributed by atoms with Crippen molar-refractivity contribution in [3.05, 3.63) is 16.1 Å². The van der Waals surface area contributed by atoms with Crippen molar-refractivity contribution in [2.24, 2.45) is 11.7 Å². The Morgan fingerprint density at radius 2 is 2.32 bits per heavy atom. The molecule has 0 radical (unpaired) electrons. The Bertz CT molecular complexity index is 439. The highest BCUT2D eigenvalue weighted by Gasteiger charge is 2.32. The highest BCUT2D eigenvalue weighted by Crippen LogP contribution is 2.31. The van der Waals surface area contributed by atoms with Crippen LogP contribution in [0.4, 0.5) is 0 Å². The third kappa shape index (κ3) is 3.75. The minimum atomic E-state index is -0.755. The van der Waals surface area contributed by atoms with E-state index >= 15 is 0 Å². The number of carbonyl (C=O) groups excluding carboxylic acids is 1. The molecule has 106 valence electrons. The van der Waals surface area contributed by atoms with Gasteiger partial charge in [-0.1, -0.05) is 6.92 Å². The summed E-state index contributed by atoms with van der Waals surface area (Å²) < 4.78 is 0. The van der Waals surface area contributed by atoms with Gasteiger partial charge in [0, 0.05) is 18.5 Å². The molecule has 1 fully saturated rings. The minimum Gasteiger partial charge on any atom is -0.388 e. The maximum absolute atomic E-state index is 11.9. The molecule has 5 nitrogen and oxygen atoms in total. The molecule has 0 spiro atoms. The number of amides is 1. The van der Waals surface area contributed by atoms with Crippen LogP contribution in [0.3, 0.4) is 0 Å². The van der Waals surface area contributed by atoms with Crippen molar-refractivity contribution in [3.8, 4) is 0 Å². The average molecular weight is 283 g/mol. The Kier molecular flexibility index (Phi) is 4.54. The highest BCUT2D eigenvalue weighted by molar-refractivity contribution is 7.09. The number of hydrogen-bond donors (Lipinski definition) is 3. The van der Waals surface area contributed by atoms with Gasteiger partial charge in [0.2, 0.25) is 0 Å². The summed E-state index contributed by atoms with van der Waals surface area (Å²) >= 11 is 1.38. The normalized spacial score (nSPS) is 27.2. The lowest BCUT2D eigenvalue weighted by atomic mass is 9.79. The van der Waals surface area contributed by atoms with Crippen molar-refractivity contribution in [1.29, 1.82) is 0 Å². The zero-order valence-electron chi connectivity index (χ0n) is 11.2. The van der Waals surface area contributed by atoms with Crippen LogP contribution in [0.2, 0.25) is 0 Å². The molecule has 1 aromatic rings. The number of carbonyl (C=O) groups is 1. The first-order valence-electron chi connectivity index (χ1n) is 6.67. The first kappa shape index (κ1) is 14.4. The van der Waals surface area contributed by atoms with Gasteiger partial charge in [-0.05, 0) is 31.6 Å². The van der Waals surface area contributed by atoms with E-state index in [9.17, 15) is 9.90 Å². The van der Waals surface area contributed by atoms with E-state index in [4.69, 9.17) is 5.73 Å². The largest absolute Gasteiger partial charge is 0.388 e. The number of hydrogen-bond acceptors (Lipinski definition) is 5. The van der Waals surface area contributed by atoms with Crippen LogP contribution in [-0.4, -0.2) is 28.1 Å². The smallest absolute Gasteiger partial charge is 0.270 e. The number of nitrogens with zero attached hydrogens (tertiary/aromatic N) is 1. The van der Waals surface area contributed by atoms with Gasteiger partial charge >= 0.3 is 0 Å². The second-order valence-electron chi connectivity index (χ2n) is 5.42. The van der Waals surface area contributed by atoms with E-state index in [1.54, 1.807) is 5.38 Å². The standard InChI is InChI=1S/C13H21N3O2S/c1-9-2-4-13(18,5-3-9)8-15-12(17)10-7-19-11(6-14)16-10/h7,9,18H,2-6,8,14H2,1H3,(H,15,17). The fourth-order valence-electron chi connectivity index (χ4n) is 2.32. The quantitative estimate of drug-likeness (QED) is 0.776. The predicted molar refractivity (Wildman–Crippen MR) is 74.9 cm³/mol. The van der Waals surface area contributed by atoms with Crippen LogP contribution in [0, 0.1) is 5.92 Å². The maximum atomic E-state index is 11.9. The van der Waals surface area contributed by atoms with Crippen LogP contribution in [0.15, 0.2) is 5.38 Å². The van der Waals surface area contributed by atoms with E-state index in [2.05, 4.69) is 17.2 Å². The van der Waals surface area contributed by atoms with E-state index in [-0.39, 0.29) is 5.91 Å². The fourth-order valence-corrected chi connectivity index (χ4v) is 2.98. The second-order valence-corrected chi connectivity index (χ2v) is 6.36. The summed E-state index contributed by atoms with van der Waals surface area (Å²) in [6.45, 7) is 2.84. The van der Waals surface area contributed by atoms with Gasteiger partial charge < -0.3 is 16.2 Å². The molecule has 1 amide bonds. The zero-order valence-corrected chi connectivity index (χ0v) is 12.0. The lowest BCUT2D eigenvalue weighted by Crippen LogP contribution is -2.45. The van der Waals surface area contributed by atoms with Crippen LogP contribution in [0.25, 0.3) is 0 Å². The monoisotopic (exact) mass is 283 g/mol. The lowest BCUT2D eigenvalue weighted by molar-refractivity contribution is -0.00543. The third-order valence-corrected chi connectivity index (χ3v) is 4.61. The van der Waals surface area contributed by atoms with Crippen LogP contribution >= 0.6 is 11.3 Å². The van der Waals surface area contributed by atoms with E-state index in [1.165, 1.54) is 11.3 Å². The molecule has 1 aromatic heterocycles. The molecule has 1 heterocycles. The molecule has 1 aliphatic carbocycles. The molecule has 1 saturated carbocycles. The summed E-state index contributed by atoms with van der Waals surface area (Å²) in [7, 11) is 0. The Morgan fingerprint density at radius 3 is 2.89 bits per heavy atom. The molecule has 6 heteroatoms. The molecule has 4 N–H and O–H groups in total. The Balaban J connectivity index is 1.86. The van der Waals surface area contributed by atoms with Crippen molar-refractivity contribution in [1.82, 2.24) is 10.3 Å². The molecule has 0 atom stereocenters. The van der Waals surface area contributed by atoms with Crippen LogP contribution < -0.4 is 11.1 Å². The molecule has 0 saturated heterocycles. The summed E-state index contributed by atoms with van der Waals surface area (Å²) in [5.41, 5.74) is 5.10. The molecule has 1 aliphatic rings. The van der Waals surface area contributed by atoms with Crippen LogP contribution in [0.1, 0.15) is 48.1 Å². The highest BCUT2D eigenvalue weighted by atomic mass is 32.1. The average Bonchev–Trinajstić information content (AvgIpc) is 2.89. The van der Waals surface area contributed by atoms with Gasteiger partial charge in [0.15, 0.2) is 0 Å². The third-order valence-electron chi connectivity index (χ3n) is 3.74. The Hall–Kier alpha value is -0.980. The fraction of sp³-hybridized carbons (Fsp3) is 0.692. The molecule has 0 bridgehead atoms. The molecule has 0 aliphatic heterocycles. The van der Waals surface area contributed by atoms with E-state index in [0.717, 1.165) is 30.7 Å². The van der Waals surface area contributed by atoms with Crippen molar-refractivity contribution in [2.45, 2.75) is 44.8 Å². The summed E-state index contributed by atoms with van der Waals surface area (Å²) in [6, 6.07) is 0. The van der Waals surface area contributed by atoms with Crippen molar-refractivity contribution in [2.75, 3.05) is 6.54 Å². The topological polar surface area (TPSA) is 88.2 Å². The van der Waals surface area contributed by atoms with Crippen molar-refractivity contribution < 1.29 is 9.90 Å². The Labute approximate surface area is 117 Å². The first-order valence-corrected chi connectivity index (χ1v) is 7.55. The maximum Gasteiger partial charge on any atom is 0.270 e. The number of nitrogens with two attached hydrogens (primary N) is 1. The summed E-state index contributed by atoms with van der Waals surface area (Å²) in [5.74, 6) is 0.435. The lowest BCUT2D eigenvalue weighted by Gasteiger charge is -2.34. The predicted octanol–water partition coefficient (Wildman–Crippen LogP) is 1.27. The summed E-state index contributed by atoms with van der Waals surface area (Å²) in [6.07, 6.45) is 3.53. The zero-order chi connectivity index (χ0) is 13.9. The van der Waals surface area contributed by atoms with Gasteiger partial charge in [0.05, 0.1) is 5.60 Å². The number of thiazole rings is 1. The van der Waals surface area contributed by atoms with Gasteiger partial charge in [-0.15, -0.1) is 11.3 Å². The van der Waals surface area contributed by atoms with Gasteiger partial charge in [-0.25, -0.2) is 4.98 Å². The SMILES string of the molecule is CC1CCC(O)(CNC(=O)c2csc(CN)n2)CC1. The van der Waals surface area contributed by atoms with Crippen LogP contribution in [0.5, 0.6) is 0 Å². The number of aliphatic hydroxyl groups is 1. The summed E-state index contributed by atoms with van der Waals surface area (Å²) in [5, 5.41) is 15.6. The molecule has 2 rings (SSSR count). The first-order chi connectivity index (χ1) is 9.02. The molecular weight excluding hydrogens is 262 g/mol. The molecular formula is C13H21N3O2S. The second kappa shape index (κ2) is 5.98. The van der Waals surface area contributed by atoms with Crippen LogP contribution in [-0.2, 0) is 6.54 Å². The van der Waals surface area contributed by atoms with Gasteiger partial charge in [-0.3, -0.25) is 4.79 Å². The number of nitrogens with one attached hydrogen (secondary N) is 1. The van der Waals surface area contributed by atoms with Crippen molar-refractivity contribution >= 4 is 17.2 Å². The number of rotatable bonds is 4. The van der Waals surface area contributed by atoms with Gasteiger partial charge in [-0.2, -0.15) is 0 Å². The van der Waals surface area contributed by atoms with Gasteiger partial charge in [0.25, 0.3) is 5.91 Å².